The molecule has 6 heteroatoms. The van der Waals surface area contributed by atoms with Gasteiger partial charge in [-0.3, -0.25) is 4.79 Å². The van der Waals surface area contributed by atoms with Crippen molar-refractivity contribution in [1.82, 2.24) is 15.2 Å². The van der Waals surface area contributed by atoms with E-state index in [0.717, 1.165) is 13.1 Å². The summed E-state index contributed by atoms with van der Waals surface area (Å²) in [5, 5.41) is 3.21. The number of amides is 1. The Morgan fingerprint density at radius 3 is 3.17 bits per heavy atom. The molecule has 2 rings (SSSR count). The molecule has 18 heavy (non-hydrogen) atoms. The van der Waals surface area contributed by atoms with Gasteiger partial charge in [0, 0.05) is 25.8 Å². The van der Waals surface area contributed by atoms with Gasteiger partial charge < -0.3 is 15.0 Å². The molecule has 1 aliphatic heterocycles. The van der Waals surface area contributed by atoms with E-state index in [1.807, 2.05) is 7.05 Å². The van der Waals surface area contributed by atoms with Crippen LogP contribution in [0.2, 0.25) is 5.15 Å². The quantitative estimate of drug-likeness (QED) is 0.825. The second-order valence-corrected chi connectivity index (χ2v) is 4.72. The van der Waals surface area contributed by atoms with Crippen LogP contribution in [-0.2, 0) is 4.74 Å². The minimum Gasteiger partial charge on any atom is -0.374 e. The molecule has 5 nitrogen and oxygen atoms in total. The summed E-state index contributed by atoms with van der Waals surface area (Å²) < 4.78 is 5.56. The van der Waals surface area contributed by atoms with Crippen LogP contribution in [0.15, 0.2) is 18.3 Å². The molecule has 1 atom stereocenters. The van der Waals surface area contributed by atoms with E-state index in [1.165, 1.54) is 6.20 Å². The van der Waals surface area contributed by atoms with E-state index in [9.17, 15) is 4.79 Å². The Bertz CT molecular complexity index is 410. The summed E-state index contributed by atoms with van der Waals surface area (Å²) >= 11 is 5.66. The lowest BCUT2D eigenvalue weighted by molar-refractivity contribution is -0.0175. The van der Waals surface area contributed by atoms with Crippen LogP contribution in [-0.4, -0.2) is 55.2 Å². The van der Waals surface area contributed by atoms with E-state index in [4.69, 9.17) is 16.3 Å². The number of ether oxygens (including phenoxy) is 1. The average molecular weight is 270 g/mol. The molecule has 1 saturated heterocycles. The maximum Gasteiger partial charge on any atom is 0.252 e. The molecule has 0 bridgehead atoms. The number of likely N-dealkylation sites (N-methyl/N-ethyl adjacent to an activating group) is 1. The number of rotatable bonds is 3. The van der Waals surface area contributed by atoms with Gasteiger partial charge in [-0.05, 0) is 19.2 Å². The molecule has 0 spiro atoms. The van der Waals surface area contributed by atoms with Crippen LogP contribution in [0.3, 0.4) is 0 Å². The Morgan fingerprint density at radius 2 is 2.50 bits per heavy atom. The topological polar surface area (TPSA) is 54.5 Å². The Balaban J connectivity index is 1.82. The molecule has 1 aromatic heterocycles. The fourth-order valence-electron chi connectivity index (χ4n) is 1.81. The van der Waals surface area contributed by atoms with Crippen molar-refractivity contribution in [1.29, 1.82) is 0 Å². The van der Waals surface area contributed by atoms with Gasteiger partial charge in [-0.25, -0.2) is 4.98 Å². The van der Waals surface area contributed by atoms with Crippen LogP contribution in [0.1, 0.15) is 10.4 Å². The highest BCUT2D eigenvalue weighted by atomic mass is 35.5. The third-order valence-corrected chi connectivity index (χ3v) is 3.05. The smallest absolute Gasteiger partial charge is 0.252 e. The molecule has 1 N–H and O–H groups in total. The molecule has 0 saturated carbocycles. The van der Waals surface area contributed by atoms with Gasteiger partial charge in [0.1, 0.15) is 5.15 Å². The summed E-state index contributed by atoms with van der Waals surface area (Å²) in [4.78, 5) is 17.9. The zero-order valence-corrected chi connectivity index (χ0v) is 11.0. The van der Waals surface area contributed by atoms with Crippen LogP contribution < -0.4 is 5.32 Å². The average Bonchev–Trinajstić information content (AvgIpc) is 2.37. The Kier molecular flexibility index (Phi) is 4.52. The number of aromatic nitrogens is 1. The van der Waals surface area contributed by atoms with Crippen molar-refractivity contribution >= 4 is 17.5 Å². The molecular formula is C12H16ClN3O2. The number of carbonyl (C=O) groups excluding carboxylic acids is 1. The largest absolute Gasteiger partial charge is 0.374 e. The normalized spacial score (nSPS) is 20.7. The van der Waals surface area contributed by atoms with Crippen LogP contribution in [0, 0.1) is 0 Å². The number of pyridine rings is 1. The maximum atomic E-state index is 11.8. The minimum absolute atomic E-state index is 0.0490. The summed E-state index contributed by atoms with van der Waals surface area (Å²) in [6.07, 6.45) is 1.51. The first-order valence-electron chi connectivity index (χ1n) is 5.85. The highest BCUT2D eigenvalue weighted by Crippen LogP contribution is 2.06. The second kappa shape index (κ2) is 6.13. The first-order chi connectivity index (χ1) is 8.65. The highest BCUT2D eigenvalue weighted by Gasteiger charge is 2.18. The Morgan fingerprint density at radius 1 is 1.67 bits per heavy atom. The number of hydrogen-bond donors (Lipinski definition) is 1. The van der Waals surface area contributed by atoms with Crippen LogP contribution in [0.5, 0.6) is 0 Å². The molecule has 98 valence electrons. The summed E-state index contributed by atoms with van der Waals surface area (Å²) in [5.41, 5.74) is 0.503. The first kappa shape index (κ1) is 13.3. The van der Waals surface area contributed by atoms with Crippen molar-refractivity contribution in [3.8, 4) is 0 Å². The van der Waals surface area contributed by atoms with E-state index in [2.05, 4.69) is 15.2 Å². The molecule has 0 aromatic carbocycles. The predicted molar refractivity (Wildman–Crippen MR) is 68.8 cm³/mol. The van der Waals surface area contributed by atoms with Crippen LogP contribution in [0.25, 0.3) is 0 Å². The molecule has 1 unspecified atom stereocenters. The zero-order valence-electron chi connectivity index (χ0n) is 10.2. The van der Waals surface area contributed by atoms with Gasteiger partial charge in [0.15, 0.2) is 0 Å². The molecule has 0 aliphatic carbocycles. The third-order valence-electron chi connectivity index (χ3n) is 2.82. The number of nitrogens with one attached hydrogen (secondary N) is 1. The molecular weight excluding hydrogens is 254 g/mol. The van der Waals surface area contributed by atoms with E-state index >= 15 is 0 Å². The first-order valence-corrected chi connectivity index (χ1v) is 6.23. The molecule has 1 aromatic rings. The van der Waals surface area contributed by atoms with Gasteiger partial charge in [0.05, 0.1) is 18.3 Å². The van der Waals surface area contributed by atoms with Crippen LogP contribution in [0.4, 0.5) is 0 Å². The highest BCUT2D eigenvalue weighted by molar-refractivity contribution is 6.29. The Hall–Kier alpha value is -1.17. The van der Waals surface area contributed by atoms with Gasteiger partial charge in [-0.1, -0.05) is 11.6 Å². The standard InChI is InChI=1S/C12H16ClN3O2/c1-16-4-5-18-10(8-16)7-15-12(17)9-2-3-11(13)14-6-9/h2-3,6,10H,4-5,7-8H2,1H3,(H,15,17). The van der Waals surface area contributed by atoms with Crippen molar-refractivity contribution < 1.29 is 9.53 Å². The number of halogens is 1. The monoisotopic (exact) mass is 269 g/mol. The van der Waals surface area contributed by atoms with Crippen LogP contribution >= 0.6 is 11.6 Å². The fourth-order valence-corrected chi connectivity index (χ4v) is 1.92. The third kappa shape index (κ3) is 3.66. The minimum atomic E-state index is -0.156. The lowest BCUT2D eigenvalue weighted by atomic mass is 10.2. The number of carbonyl (C=O) groups is 1. The van der Waals surface area contributed by atoms with E-state index < -0.39 is 0 Å². The molecule has 0 radical (unpaired) electrons. The van der Waals surface area contributed by atoms with Crippen molar-refractivity contribution in [2.45, 2.75) is 6.10 Å². The SMILES string of the molecule is CN1CCOC(CNC(=O)c2ccc(Cl)nc2)C1. The van der Waals surface area contributed by atoms with Crippen molar-refractivity contribution in [3.05, 3.63) is 29.0 Å². The van der Waals surface area contributed by atoms with Gasteiger partial charge in [-0.15, -0.1) is 0 Å². The number of hydrogen-bond acceptors (Lipinski definition) is 4. The van der Waals surface area contributed by atoms with Gasteiger partial charge >= 0.3 is 0 Å². The molecule has 1 fully saturated rings. The summed E-state index contributed by atoms with van der Waals surface area (Å²) in [6, 6.07) is 3.25. The predicted octanol–water partition coefficient (Wildman–Crippen LogP) is 0.795. The summed E-state index contributed by atoms with van der Waals surface area (Å²) in [5.74, 6) is -0.156. The van der Waals surface area contributed by atoms with Crippen molar-refractivity contribution in [2.24, 2.45) is 0 Å². The lowest BCUT2D eigenvalue weighted by Crippen LogP contribution is -2.45. The summed E-state index contributed by atoms with van der Waals surface area (Å²) in [7, 11) is 2.04. The van der Waals surface area contributed by atoms with E-state index in [-0.39, 0.29) is 12.0 Å². The lowest BCUT2D eigenvalue weighted by Gasteiger charge is -2.30. The number of morpholine rings is 1. The Labute approximate surface area is 111 Å². The zero-order chi connectivity index (χ0) is 13.0. The maximum absolute atomic E-state index is 11.8. The van der Waals surface area contributed by atoms with Crippen molar-refractivity contribution in [2.75, 3.05) is 33.3 Å². The second-order valence-electron chi connectivity index (χ2n) is 4.33. The molecule has 1 amide bonds. The van der Waals surface area contributed by atoms with E-state index in [1.54, 1.807) is 12.1 Å². The molecule has 1 aliphatic rings. The summed E-state index contributed by atoms with van der Waals surface area (Å²) in [6.45, 7) is 2.98. The fraction of sp³-hybridized carbons (Fsp3) is 0.500. The van der Waals surface area contributed by atoms with E-state index in [0.29, 0.717) is 23.9 Å². The van der Waals surface area contributed by atoms with Crippen molar-refractivity contribution in [3.63, 3.8) is 0 Å². The number of nitrogens with zero attached hydrogens (tertiary/aromatic N) is 2. The van der Waals surface area contributed by atoms with Gasteiger partial charge in [0.2, 0.25) is 0 Å². The van der Waals surface area contributed by atoms with Gasteiger partial charge in [0.25, 0.3) is 5.91 Å². The van der Waals surface area contributed by atoms with Gasteiger partial charge in [-0.2, -0.15) is 0 Å². The molecule has 2 heterocycles.